The molecule has 0 radical (unpaired) electrons. The van der Waals surface area contributed by atoms with Crippen molar-refractivity contribution in [1.82, 2.24) is 10.2 Å². The van der Waals surface area contributed by atoms with Gasteiger partial charge in [0, 0.05) is 32.5 Å². The van der Waals surface area contributed by atoms with Crippen LogP contribution in [0.5, 0.6) is 11.5 Å². The van der Waals surface area contributed by atoms with E-state index in [2.05, 4.69) is 65.7 Å². The standard InChI is InChI=1S/C36H54N2O5/c1-3-4-5-6-7-8-9-10-11-12-13-14-15-16-17-18-19-21-35(39)37-31-32-23-24-33(34(30-32)41-2)43-36(40)22-20-25-38-26-28-42-29-27-38/h7-8,10-11,13-14,16-17,23-24,30H,3-6,9,12,15,18-22,25-29,31H2,1-2H3,(H,37,39). The fourth-order valence-corrected chi connectivity index (χ4v) is 4.58. The van der Waals surface area contributed by atoms with E-state index in [9.17, 15) is 9.59 Å². The lowest BCUT2D eigenvalue weighted by molar-refractivity contribution is -0.134. The molecule has 1 aliphatic heterocycles. The lowest BCUT2D eigenvalue weighted by Crippen LogP contribution is -2.37. The number of hydrogen-bond donors (Lipinski definition) is 1. The van der Waals surface area contributed by atoms with Crippen LogP contribution in [0.1, 0.15) is 89.5 Å². The van der Waals surface area contributed by atoms with Crippen LogP contribution in [0.25, 0.3) is 0 Å². The summed E-state index contributed by atoms with van der Waals surface area (Å²) in [5.74, 6) is 0.620. The van der Waals surface area contributed by atoms with Gasteiger partial charge in [-0.15, -0.1) is 0 Å². The molecule has 1 fully saturated rings. The average Bonchev–Trinajstić information content (AvgIpc) is 3.02. The molecule has 7 heteroatoms. The Morgan fingerprint density at radius 2 is 1.49 bits per heavy atom. The summed E-state index contributed by atoms with van der Waals surface area (Å²) in [4.78, 5) is 26.9. The van der Waals surface area contributed by atoms with Crippen LogP contribution in [-0.4, -0.2) is 56.7 Å². The molecule has 0 atom stereocenters. The van der Waals surface area contributed by atoms with Crippen LogP contribution in [0.4, 0.5) is 0 Å². The SMILES string of the molecule is CCCCCC=CCC=CCC=CCC=CCCCC(=O)NCc1ccc(OC(=O)CCCN2CCOCC2)c(OC)c1. The smallest absolute Gasteiger partial charge is 0.311 e. The van der Waals surface area contributed by atoms with E-state index < -0.39 is 0 Å². The third-order valence-corrected chi connectivity index (χ3v) is 7.13. The van der Waals surface area contributed by atoms with Crippen LogP contribution < -0.4 is 14.8 Å². The Morgan fingerprint density at radius 1 is 0.837 bits per heavy atom. The Labute approximate surface area is 260 Å². The highest BCUT2D eigenvalue weighted by Gasteiger charge is 2.14. The maximum atomic E-state index is 12.3. The molecular weight excluding hydrogens is 540 g/mol. The number of amides is 1. The summed E-state index contributed by atoms with van der Waals surface area (Å²) in [6, 6.07) is 5.37. The molecule has 43 heavy (non-hydrogen) atoms. The van der Waals surface area contributed by atoms with Crippen LogP contribution in [0.15, 0.2) is 66.8 Å². The van der Waals surface area contributed by atoms with Gasteiger partial charge in [-0.3, -0.25) is 14.5 Å². The molecule has 0 saturated carbocycles. The molecule has 0 aromatic heterocycles. The molecule has 0 spiro atoms. The molecular formula is C36H54N2O5. The lowest BCUT2D eigenvalue weighted by atomic mass is 10.1. The van der Waals surface area contributed by atoms with Gasteiger partial charge in [0.25, 0.3) is 0 Å². The quantitative estimate of drug-likeness (QED) is 0.0649. The van der Waals surface area contributed by atoms with Crippen molar-refractivity contribution in [3.63, 3.8) is 0 Å². The van der Waals surface area contributed by atoms with E-state index in [0.717, 1.165) is 76.9 Å². The third-order valence-electron chi connectivity index (χ3n) is 7.13. The highest BCUT2D eigenvalue weighted by atomic mass is 16.6. The maximum absolute atomic E-state index is 12.3. The maximum Gasteiger partial charge on any atom is 0.311 e. The van der Waals surface area contributed by atoms with Gasteiger partial charge < -0.3 is 19.5 Å². The number of allylic oxidation sites excluding steroid dienone is 8. The number of ether oxygens (including phenoxy) is 3. The van der Waals surface area contributed by atoms with Crippen molar-refractivity contribution in [1.29, 1.82) is 0 Å². The summed E-state index contributed by atoms with van der Waals surface area (Å²) in [5, 5.41) is 2.96. The monoisotopic (exact) mass is 594 g/mol. The molecule has 1 aliphatic rings. The van der Waals surface area contributed by atoms with Gasteiger partial charge >= 0.3 is 5.97 Å². The molecule has 1 N–H and O–H groups in total. The zero-order chi connectivity index (χ0) is 30.8. The first-order valence-corrected chi connectivity index (χ1v) is 16.2. The molecule has 1 heterocycles. The van der Waals surface area contributed by atoms with Crippen LogP contribution in [0.3, 0.4) is 0 Å². The zero-order valence-corrected chi connectivity index (χ0v) is 26.6. The van der Waals surface area contributed by atoms with Gasteiger partial charge in [0.15, 0.2) is 11.5 Å². The van der Waals surface area contributed by atoms with Crippen LogP contribution in [0.2, 0.25) is 0 Å². The first kappa shape index (κ1) is 36.0. The van der Waals surface area contributed by atoms with E-state index in [1.807, 2.05) is 6.07 Å². The highest BCUT2D eigenvalue weighted by molar-refractivity contribution is 5.76. The van der Waals surface area contributed by atoms with Crippen LogP contribution in [0, 0.1) is 0 Å². The summed E-state index contributed by atoms with van der Waals surface area (Å²) >= 11 is 0. The largest absolute Gasteiger partial charge is 0.493 e. The number of carbonyl (C=O) groups is 2. The number of benzene rings is 1. The number of hydrogen-bond acceptors (Lipinski definition) is 6. The number of rotatable bonds is 22. The molecule has 1 saturated heterocycles. The molecule has 0 aliphatic carbocycles. The number of morpholine rings is 1. The van der Waals surface area contributed by atoms with Crippen molar-refractivity contribution in [2.45, 2.75) is 90.5 Å². The molecule has 1 aromatic carbocycles. The first-order chi connectivity index (χ1) is 21.1. The summed E-state index contributed by atoms with van der Waals surface area (Å²) in [6.07, 6.45) is 28.9. The average molecular weight is 595 g/mol. The highest BCUT2D eigenvalue weighted by Crippen LogP contribution is 2.28. The van der Waals surface area contributed by atoms with E-state index in [4.69, 9.17) is 14.2 Å². The molecule has 0 unspecified atom stereocenters. The van der Waals surface area contributed by atoms with Crippen molar-refractivity contribution in [3.8, 4) is 11.5 Å². The minimum absolute atomic E-state index is 0.0191. The first-order valence-electron chi connectivity index (χ1n) is 16.2. The van der Waals surface area contributed by atoms with Crippen molar-refractivity contribution in [2.75, 3.05) is 40.0 Å². The topological polar surface area (TPSA) is 77.1 Å². The number of methoxy groups -OCH3 is 1. The van der Waals surface area contributed by atoms with E-state index in [1.54, 1.807) is 19.2 Å². The molecule has 1 aromatic rings. The van der Waals surface area contributed by atoms with E-state index >= 15 is 0 Å². The number of esters is 1. The minimum atomic E-state index is -0.276. The number of nitrogens with one attached hydrogen (secondary N) is 1. The predicted molar refractivity (Wildman–Crippen MR) is 175 cm³/mol. The molecule has 2 rings (SSSR count). The Bertz CT molecular complexity index is 1020. The van der Waals surface area contributed by atoms with Crippen LogP contribution in [-0.2, 0) is 20.9 Å². The predicted octanol–water partition coefficient (Wildman–Crippen LogP) is 7.47. The summed E-state index contributed by atoms with van der Waals surface area (Å²) in [5.41, 5.74) is 0.887. The fourth-order valence-electron chi connectivity index (χ4n) is 4.58. The third kappa shape index (κ3) is 18.2. The van der Waals surface area contributed by atoms with Gasteiger partial charge in [-0.25, -0.2) is 0 Å². The molecule has 0 bridgehead atoms. The molecule has 1 amide bonds. The van der Waals surface area contributed by atoms with Crippen molar-refractivity contribution >= 4 is 11.9 Å². The number of unbranched alkanes of at least 4 members (excludes halogenated alkanes) is 4. The molecule has 7 nitrogen and oxygen atoms in total. The van der Waals surface area contributed by atoms with Crippen molar-refractivity contribution in [2.24, 2.45) is 0 Å². The Morgan fingerprint density at radius 3 is 2.14 bits per heavy atom. The summed E-state index contributed by atoms with van der Waals surface area (Å²) < 4.78 is 16.3. The molecule has 238 valence electrons. The van der Waals surface area contributed by atoms with Crippen LogP contribution >= 0.6 is 0 Å². The van der Waals surface area contributed by atoms with Gasteiger partial charge in [0.2, 0.25) is 5.91 Å². The number of carbonyl (C=O) groups excluding carboxylic acids is 2. The van der Waals surface area contributed by atoms with Crippen molar-refractivity contribution < 1.29 is 23.8 Å². The number of nitrogens with zero attached hydrogens (tertiary/aromatic N) is 1. The second kappa shape index (κ2) is 24.3. The zero-order valence-electron chi connectivity index (χ0n) is 26.6. The lowest BCUT2D eigenvalue weighted by Gasteiger charge is -2.26. The van der Waals surface area contributed by atoms with Gasteiger partial charge in [-0.2, -0.15) is 0 Å². The summed E-state index contributed by atoms with van der Waals surface area (Å²) in [6.45, 7) is 6.81. The van der Waals surface area contributed by atoms with Gasteiger partial charge in [-0.1, -0.05) is 74.4 Å². The summed E-state index contributed by atoms with van der Waals surface area (Å²) in [7, 11) is 1.55. The van der Waals surface area contributed by atoms with E-state index in [1.165, 1.54) is 25.7 Å². The second-order valence-corrected chi connectivity index (χ2v) is 10.8. The Kier molecular flexibility index (Phi) is 20.4. The van der Waals surface area contributed by atoms with Gasteiger partial charge in [0.05, 0.1) is 20.3 Å². The normalized spacial score (nSPS) is 14.4. The van der Waals surface area contributed by atoms with Gasteiger partial charge in [-0.05, 0) is 75.6 Å². The Hall–Kier alpha value is -3.16. The fraction of sp³-hybridized carbons (Fsp3) is 0.556. The second-order valence-electron chi connectivity index (χ2n) is 10.8. The van der Waals surface area contributed by atoms with E-state index in [0.29, 0.717) is 30.9 Å². The minimum Gasteiger partial charge on any atom is -0.493 e. The Balaban J connectivity index is 1.54. The van der Waals surface area contributed by atoms with E-state index in [-0.39, 0.29) is 11.9 Å². The van der Waals surface area contributed by atoms with Gasteiger partial charge in [0.1, 0.15) is 0 Å². The van der Waals surface area contributed by atoms with Crippen molar-refractivity contribution in [3.05, 3.63) is 72.4 Å².